The molecule has 0 bridgehead atoms. The molecule has 0 aromatic heterocycles. The third kappa shape index (κ3) is 5.47. The molecule has 2 aliphatic rings. The summed E-state index contributed by atoms with van der Waals surface area (Å²) in [4.78, 5) is 37.1. The fraction of sp³-hybridized carbons (Fsp3) is 0.571. The van der Waals surface area contributed by atoms with Gasteiger partial charge in [0.1, 0.15) is 0 Å². The van der Waals surface area contributed by atoms with E-state index in [-0.39, 0.29) is 24.4 Å². The number of nitrogens with one attached hydrogen (secondary N) is 2. The van der Waals surface area contributed by atoms with Crippen molar-refractivity contribution in [1.82, 2.24) is 10.6 Å². The van der Waals surface area contributed by atoms with Crippen molar-refractivity contribution in [3.8, 4) is 0 Å². The van der Waals surface area contributed by atoms with Gasteiger partial charge < -0.3 is 15.7 Å². The van der Waals surface area contributed by atoms with Crippen LogP contribution in [0.4, 0.5) is 10.5 Å². The smallest absolute Gasteiger partial charge is 0.321 e. The van der Waals surface area contributed by atoms with Gasteiger partial charge in [0.2, 0.25) is 0 Å². The van der Waals surface area contributed by atoms with E-state index in [0.29, 0.717) is 31.0 Å². The first-order chi connectivity index (χ1) is 13.5. The van der Waals surface area contributed by atoms with Crippen molar-refractivity contribution in [2.45, 2.75) is 57.4 Å². The molecule has 1 atom stereocenters. The Hall–Kier alpha value is -2.57. The fourth-order valence-corrected chi connectivity index (χ4v) is 4.15. The first kappa shape index (κ1) is 20.2. The largest absolute Gasteiger partial charge is 0.481 e. The average molecular weight is 387 g/mol. The van der Waals surface area contributed by atoms with Crippen LogP contribution in [0, 0.1) is 5.92 Å². The quantitative estimate of drug-likeness (QED) is 0.638. The Labute approximate surface area is 165 Å². The van der Waals surface area contributed by atoms with Crippen LogP contribution >= 0.6 is 0 Å². The number of anilines is 1. The summed E-state index contributed by atoms with van der Waals surface area (Å²) in [6, 6.07) is 6.71. The standard InChI is InChI=1S/C21H29N3O4/c25-19(26)11-8-17(14-15-4-2-1-3-5-15)23-20(27)16-6-9-18(10-7-16)24-13-12-22-21(24)28/h6-7,9-10,15,17H,1-5,8,11-14H2,(H,22,28)(H,23,27)(H,25,26). The molecule has 3 amide bonds. The van der Waals surface area contributed by atoms with E-state index in [1.165, 1.54) is 19.3 Å². The van der Waals surface area contributed by atoms with E-state index in [1.54, 1.807) is 29.2 Å². The highest BCUT2D eigenvalue weighted by Crippen LogP contribution is 2.28. The van der Waals surface area contributed by atoms with Gasteiger partial charge in [-0.15, -0.1) is 0 Å². The number of hydrogen-bond acceptors (Lipinski definition) is 3. The second-order valence-electron chi connectivity index (χ2n) is 7.77. The molecule has 0 radical (unpaired) electrons. The lowest BCUT2D eigenvalue weighted by Crippen LogP contribution is -2.37. The van der Waals surface area contributed by atoms with Gasteiger partial charge in [0.15, 0.2) is 0 Å². The molecule has 1 aliphatic carbocycles. The summed E-state index contributed by atoms with van der Waals surface area (Å²) >= 11 is 0. The molecule has 1 aliphatic heterocycles. The van der Waals surface area contributed by atoms with Gasteiger partial charge in [0.25, 0.3) is 5.91 Å². The van der Waals surface area contributed by atoms with Crippen LogP contribution in [0.3, 0.4) is 0 Å². The Morgan fingerprint density at radius 3 is 2.50 bits per heavy atom. The zero-order chi connectivity index (χ0) is 19.9. The molecule has 152 valence electrons. The summed E-state index contributed by atoms with van der Waals surface area (Å²) < 4.78 is 0. The van der Waals surface area contributed by atoms with Gasteiger partial charge in [0.05, 0.1) is 0 Å². The van der Waals surface area contributed by atoms with E-state index >= 15 is 0 Å². The lowest BCUT2D eigenvalue weighted by molar-refractivity contribution is -0.137. The third-order valence-corrected chi connectivity index (χ3v) is 5.68. The number of benzene rings is 1. The summed E-state index contributed by atoms with van der Waals surface area (Å²) in [5, 5.41) is 14.8. The highest BCUT2D eigenvalue weighted by molar-refractivity contribution is 5.97. The van der Waals surface area contributed by atoms with Gasteiger partial charge in [-0.1, -0.05) is 32.1 Å². The maximum atomic E-state index is 12.7. The molecule has 3 N–H and O–H groups in total. The lowest BCUT2D eigenvalue weighted by atomic mass is 9.84. The molecule has 1 saturated heterocycles. The molecule has 1 saturated carbocycles. The van der Waals surface area contributed by atoms with Crippen molar-refractivity contribution >= 4 is 23.6 Å². The van der Waals surface area contributed by atoms with Crippen LogP contribution < -0.4 is 15.5 Å². The third-order valence-electron chi connectivity index (χ3n) is 5.68. The fourth-order valence-electron chi connectivity index (χ4n) is 4.15. The Morgan fingerprint density at radius 1 is 1.18 bits per heavy atom. The van der Waals surface area contributed by atoms with Gasteiger partial charge in [-0.2, -0.15) is 0 Å². The Kier molecular flexibility index (Phi) is 6.90. The number of carboxylic acids is 1. The van der Waals surface area contributed by atoms with Crippen LogP contribution in [0.25, 0.3) is 0 Å². The Balaban J connectivity index is 1.61. The molecule has 3 rings (SSSR count). The predicted octanol–water partition coefficient (Wildman–Crippen LogP) is 3.15. The number of amides is 3. The van der Waals surface area contributed by atoms with E-state index in [2.05, 4.69) is 10.6 Å². The number of carboxylic acid groups (broad SMARTS) is 1. The lowest BCUT2D eigenvalue weighted by Gasteiger charge is -2.27. The molecule has 0 spiro atoms. The van der Waals surface area contributed by atoms with Gasteiger partial charge in [-0.05, 0) is 43.0 Å². The van der Waals surface area contributed by atoms with E-state index in [9.17, 15) is 14.4 Å². The van der Waals surface area contributed by atoms with E-state index in [1.807, 2.05) is 0 Å². The minimum atomic E-state index is -0.837. The molecule has 7 nitrogen and oxygen atoms in total. The normalized spacial score (nSPS) is 18.6. The molecule has 2 fully saturated rings. The van der Waals surface area contributed by atoms with Crippen molar-refractivity contribution in [3.63, 3.8) is 0 Å². The van der Waals surface area contributed by atoms with Crippen LogP contribution in [-0.2, 0) is 4.79 Å². The summed E-state index contributed by atoms with van der Waals surface area (Å²) in [5.41, 5.74) is 1.28. The molecule has 1 aromatic carbocycles. The molecule has 7 heteroatoms. The summed E-state index contributed by atoms with van der Waals surface area (Å²) in [6.45, 7) is 1.23. The van der Waals surface area contributed by atoms with Gasteiger partial charge in [-0.25, -0.2) is 4.79 Å². The van der Waals surface area contributed by atoms with Gasteiger partial charge in [0, 0.05) is 36.8 Å². The molecule has 1 aromatic rings. The minimum Gasteiger partial charge on any atom is -0.481 e. The maximum Gasteiger partial charge on any atom is 0.321 e. The number of aliphatic carboxylic acids is 1. The number of carbonyl (C=O) groups is 3. The number of nitrogens with zero attached hydrogens (tertiary/aromatic N) is 1. The molecule has 28 heavy (non-hydrogen) atoms. The van der Waals surface area contributed by atoms with Crippen molar-refractivity contribution in [2.24, 2.45) is 5.92 Å². The monoisotopic (exact) mass is 387 g/mol. The summed E-state index contributed by atoms with van der Waals surface area (Å²) in [7, 11) is 0. The van der Waals surface area contributed by atoms with Crippen molar-refractivity contribution in [1.29, 1.82) is 0 Å². The zero-order valence-electron chi connectivity index (χ0n) is 16.2. The molecule has 1 unspecified atom stereocenters. The first-order valence-electron chi connectivity index (χ1n) is 10.2. The van der Waals surface area contributed by atoms with E-state index in [4.69, 9.17) is 5.11 Å². The Bertz CT molecular complexity index is 698. The molecule has 1 heterocycles. The van der Waals surface area contributed by atoms with Crippen molar-refractivity contribution in [3.05, 3.63) is 29.8 Å². The SMILES string of the molecule is O=C(O)CCC(CC1CCCCC1)NC(=O)c1ccc(N2CCNC2=O)cc1. The number of hydrogen-bond donors (Lipinski definition) is 3. The van der Waals surface area contributed by atoms with Crippen molar-refractivity contribution < 1.29 is 19.5 Å². The summed E-state index contributed by atoms with van der Waals surface area (Å²) in [6.07, 6.45) is 7.36. The van der Waals surface area contributed by atoms with Gasteiger partial charge in [-0.3, -0.25) is 14.5 Å². The van der Waals surface area contributed by atoms with Gasteiger partial charge >= 0.3 is 12.0 Å². The van der Waals surface area contributed by atoms with Crippen LogP contribution in [0.1, 0.15) is 61.7 Å². The second-order valence-corrected chi connectivity index (χ2v) is 7.77. The number of urea groups is 1. The highest BCUT2D eigenvalue weighted by Gasteiger charge is 2.23. The predicted molar refractivity (Wildman–Crippen MR) is 107 cm³/mol. The van der Waals surface area contributed by atoms with Crippen LogP contribution in [-0.4, -0.2) is 42.1 Å². The molecular formula is C21H29N3O4. The average Bonchev–Trinajstić information content (AvgIpc) is 3.13. The second kappa shape index (κ2) is 9.57. The van der Waals surface area contributed by atoms with E-state index < -0.39 is 5.97 Å². The molecular weight excluding hydrogens is 358 g/mol. The highest BCUT2D eigenvalue weighted by atomic mass is 16.4. The number of carbonyl (C=O) groups excluding carboxylic acids is 2. The topological polar surface area (TPSA) is 98.7 Å². The maximum absolute atomic E-state index is 12.7. The van der Waals surface area contributed by atoms with Crippen LogP contribution in [0.2, 0.25) is 0 Å². The van der Waals surface area contributed by atoms with Crippen LogP contribution in [0.15, 0.2) is 24.3 Å². The van der Waals surface area contributed by atoms with Crippen LogP contribution in [0.5, 0.6) is 0 Å². The first-order valence-corrected chi connectivity index (χ1v) is 10.2. The van der Waals surface area contributed by atoms with E-state index in [0.717, 1.165) is 24.9 Å². The Morgan fingerprint density at radius 2 is 1.89 bits per heavy atom. The summed E-state index contributed by atoms with van der Waals surface area (Å²) in [5.74, 6) is -0.469. The number of rotatable bonds is 8. The minimum absolute atomic E-state index is 0.0562. The zero-order valence-corrected chi connectivity index (χ0v) is 16.2. The van der Waals surface area contributed by atoms with Crippen molar-refractivity contribution in [2.75, 3.05) is 18.0 Å².